The molecule has 1 N–H and O–H groups in total. The molecule has 0 unspecified atom stereocenters. The van der Waals surface area contributed by atoms with Crippen LogP contribution in [0.25, 0.3) is 10.2 Å². The average molecular weight is 384 g/mol. The molecule has 3 aromatic rings. The fourth-order valence-corrected chi connectivity index (χ4v) is 3.71. The maximum Gasteiger partial charge on any atom is 0.284 e. The number of benzene rings is 1. The average Bonchev–Trinajstić information content (AvgIpc) is 3.13. The number of fused-ring (bicyclic) bond motifs is 1. The molecule has 0 radical (unpaired) electrons. The summed E-state index contributed by atoms with van der Waals surface area (Å²) in [4.78, 5) is 30.1. The van der Waals surface area contributed by atoms with Crippen molar-refractivity contribution in [2.75, 3.05) is 55.5 Å². The minimum absolute atomic E-state index is 0.262. The number of rotatable bonds is 4. The van der Waals surface area contributed by atoms with Gasteiger partial charge in [0.05, 0.1) is 29.6 Å². The van der Waals surface area contributed by atoms with E-state index in [9.17, 15) is 4.79 Å². The van der Waals surface area contributed by atoms with Crippen molar-refractivity contribution in [1.82, 2.24) is 15.0 Å². The normalized spacial score (nSPS) is 14.4. The van der Waals surface area contributed by atoms with E-state index in [4.69, 9.17) is 4.74 Å². The minimum atomic E-state index is -0.262. The molecule has 1 aliphatic rings. The van der Waals surface area contributed by atoms with E-state index in [0.717, 1.165) is 23.3 Å². The topological polar surface area (TPSA) is 83.5 Å². The third kappa shape index (κ3) is 3.69. The van der Waals surface area contributed by atoms with Gasteiger partial charge in [0, 0.05) is 27.2 Å². The van der Waals surface area contributed by atoms with Gasteiger partial charge in [-0.1, -0.05) is 12.1 Å². The monoisotopic (exact) mass is 384 g/mol. The summed E-state index contributed by atoms with van der Waals surface area (Å²) in [5, 5.41) is 3.31. The SMILES string of the molecule is CN(C)c1nc(N2CCOCC2)ncc1NC(=O)c1nc2ccccc2s1. The second kappa shape index (κ2) is 7.45. The number of anilines is 3. The van der Waals surface area contributed by atoms with E-state index in [1.807, 2.05) is 43.3 Å². The van der Waals surface area contributed by atoms with Crippen LogP contribution in [0.15, 0.2) is 30.5 Å². The highest BCUT2D eigenvalue weighted by molar-refractivity contribution is 7.20. The number of morpholine rings is 1. The van der Waals surface area contributed by atoms with Crippen molar-refractivity contribution in [2.24, 2.45) is 0 Å². The van der Waals surface area contributed by atoms with Crippen LogP contribution >= 0.6 is 11.3 Å². The molecule has 1 saturated heterocycles. The Morgan fingerprint density at radius 1 is 1.22 bits per heavy atom. The Balaban J connectivity index is 1.59. The van der Waals surface area contributed by atoms with E-state index >= 15 is 0 Å². The Morgan fingerprint density at radius 3 is 2.74 bits per heavy atom. The molecule has 0 aliphatic carbocycles. The van der Waals surface area contributed by atoms with Gasteiger partial charge in [-0.3, -0.25) is 4.79 Å². The predicted octanol–water partition coefficient (Wildman–Crippen LogP) is 2.24. The number of hydrogen-bond acceptors (Lipinski definition) is 8. The van der Waals surface area contributed by atoms with Crippen LogP contribution in [-0.2, 0) is 4.74 Å². The fraction of sp³-hybridized carbons (Fsp3) is 0.333. The summed E-state index contributed by atoms with van der Waals surface area (Å²) in [6.07, 6.45) is 1.65. The number of amides is 1. The summed E-state index contributed by atoms with van der Waals surface area (Å²) in [5.41, 5.74) is 1.38. The van der Waals surface area contributed by atoms with Crippen LogP contribution in [-0.4, -0.2) is 61.3 Å². The van der Waals surface area contributed by atoms with Crippen LogP contribution in [0.3, 0.4) is 0 Å². The van der Waals surface area contributed by atoms with Crippen LogP contribution in [0.2, 0.25) is 0 Å². The largest absolute Gasteiger partial charge is 0.378 e. The first-order chi connectivity index (χ1) is 13.1. The molecule has 8 nitrogen and oxygen atoms in total. The van der Waals surface area contributed by atoms with Gasteiger partial charge >= 0.3 is 0 Å². The van der Waals surface area contributed by atoms with E-state index in [2.05, 4.69) is 25.2 Å². The third-order valence-electron chi connectivity index (χ3n) is 4.21. The van der Waals surface area contributed by atoms with Crippen molar-refractivity contribution in [3.63, 3.8) is 0 Å². The highest BCUT2D eigenvalue weighted by atomic mass is 32.1. The van der Waals surface area contributed by atoms with Crippen molar-refractivity contribution in [3.05, 3.63) is 35.5 Å². The number of aromatic nitrogens is 3. The van der Waals surface area contributed by atoms with Crippen molar-refractivity contribution in [3.8, 4) is 0 Å². The van der Waals surface area contributed by atoms with Crippen molar-refractivity contribution in [2.45, 2.75) is 0 Å². The molecule has 2 aromatic heterocycles. The van der Waals surface area contributed by atoms with Gasteiger partial charge in [0.2, 0.25) is 5.95 Å². The molecule has 0 atom stereocenters. The summed E-state index contributed by atoms with van der Waals surface area (Å²) in [5.74, 6) is 1.03. The van der Waals surface area contributed by atoms with Crippen molar-refractivity contribution in [1.29, 1.82) is 0 Å². The molecule has 0 spiro atoms. The van der Waals surface area contributed by atoms with Gasteiger partial charge in [0.1, 0.15) is 5.69 Å². The third-order valence-corrected chi connectivity index (χ3v) is 5.24. The number of ether oxygens (including phenoxy) is 1. The quantitative estimate of drug-likeness (QED) is 0.738. The van der Waals surface area contributed by atoms with Gasteiger partial charge in [-0.15, -0.1) is 11.3 Å². The molecule has 0 bridgehead atoms. The number of nitrogens with one attached hydrogen (secondary N) is 1. The maximum atomic E-state index is 12.7. The molecule has 1 aliphatic heterocycles. The highest BCUT2D eigenvalue weighted by Gasteiger charge is 2.19. The van der Waals surface area contributed by atoms with Crippen molar-refractivity contribution >= 4 is 44.9 Å². The summed E-state index contributed by atoms with van der Waals surface area (Å²) >= 11 is 1.37. The lowest BCUT2D eigenvalue weighted by Crippen LogP contribution is -2.37. The first kappa shape index (κ1) is 17.6. The Bertz CT molecular complexity index is 934. The van der Waals surface area contributed by atoms with Gasteiger partial charge in [0.15, 0.2) is 10.8 Å². The van der Waals surface area contributed by atoms with E-state index in [1.54, 1.807) is 6.20 Å². The Morgan fingerprint density at radius 2 is 2.00 bits per heavy atom. The Kier molecular flexibility index (Phi) is 4.87. The molecule has 0 saturated carbocycles. The second-order valence-electron chi connectivity index (χ2n) is 6.34. The fourth-order valence-electron chi connectivity index (χ4n) is 2.85. The number of thiazole rings is 1. The zero-order valence-electron chi connectivity index (χ0n) is 15.2. The summed E-state index contributed by atoms with van der Waals surface area (Å²) < 4.78 is 6.36. The molecule has 9 heteroatoms. The van der Waals surface area contributed by atoms with E-state index in [1.165, 1.54) is 11.3 Å². The molecule has 27 heavy (non-hydrogen) atoms. The molecule has 1 fully saturated rings. The summed E-state index contributed by atoms with van der Waals surface area (Å²) in [7, 11) is 3.78. The smallest absolute Gasteiger partial charge is 0.284 e. The maximum absolute atomic E-state index is 12.7. The number of para-hydroxylation sites is 1. The van der Waals surface area contributed by atoms with Gasteiger partial charge in [-0.2, -0.15) is 4.98 Å². The van der Waals surface area contributed by atoms with E-state index < -0.39 is 0 Å². The lowest BCUT2D eigenvalue weighted by molar-refractivity contribution is 0.102. The van der Waals surface area contributed by atoms with Crippen LogP contribution < -0.4 is 15.1 Å². The first-order valence-electron chi connectivity index (χ1n) is 8.66. The van der Waals surface area contributed by atoms with Gasteiger partial charge < -0.3 is 19.9 Å². The zero-order chi connectivity index (χ0) is 18.8. The lowest BCUT2D eigenvalue weighted by atomic mass is 10.3. The number of carbonyl (C=O) groups is 1. The minimum Gasteiger partial charge on any atom is -0.378 e. The van der Waals surface area contributed by atoms with Crippen LogP contribution in [0, 0.1) is 0 Å². The standard InChI is InChI=1S/C18H20N6O2S/c1-23(2)15-13(11-19-18(22-15)24-7-9-26-10-8-24)20-16(25)17-21-12-5-3-4-6-14(12)27-17/h3-6,11H,7-10H2,1-2H3,(H,20,25). The molecular formula is C18H20N6O2S. The van der Waals surface area contributed by atoms with Gasteiger partial charge in [-0.25, -0.2) is 9.97 Å². The summed E-state index contributed by atoms with van der Waals surface area (Å²) in [6.45, 7) is 2.84. The van der Waals surface area contributed by atoms with Crippen molar-refractivity contribution < 1.29 is 9.53 Å². The van der Waals surface area contributed by atoms with E-state index in [-0.39, 0.29) is 5.91 Å². The Hall–Kier alpha value is -2.78. The Labute approximate surface area is 160 Å². The second-order valence-corrected chi connectivity index (χ2v) is 7.37. The highest BCUT2D eigenvalue weighted by Crippen LogP contribution is 2.26. The molecular weight excluding hydrogens is 364 g/mol. The van der Waals surface area contributed by atoms with Crippen LogP contribution in [0.5, 0.6) is 0 Å². The zero-order valence-corrected chi connectivity index (χ0v) is 16.0. The number of hydrogen-bond donors (Lipinski definition) is 1. The summed E-state index contributed by atoms with van der Waals surface area (Å²) in [6, 6.07) is 7.69. The molecule has 1 aromatic carbocycles. The predicted molar refractivity (Wildman–Crippen MR) is 107 cm³/mol. The molecule has 4 rings (SSSR count). The number of nitrogens with zero attached hydrogens (tertiary/aromatic N) is 5. The first-order valence-corrected chi connectivity index (χ1v) is 9.47. The van der Waals surface area contributed by atoms with Gasteiger partial charge in [-0.05, 0) is 12.1 Å². The molecule has 140 valence electrons. The van der Waals surface area contributed by atoms with E-state index in [0.29, 0.717) is 35.7 Å². The lowest BCUT2D eigenvalue weighted by Gasteiger charge is -2.28. The van der Waals surface area contributed by atoms with Gasteiger partial charge in [0.25, 0.3) is 5.91 Å². The molecule has 3 heterocycles. The van der Waals surface area contributed by atoms with Crippen LogP contribution in [0.4, 0.5) is 17.5 Å². The number of carbonyl (C=O) groups excluding carboxylic acids is 1. The molecule has 1 amide bonds. The van der Waals surface area contributed by atoms with Crippen LogP contribution in [0.1, 0.15) is 9.80 Å².